The van der Waals surface area contributed by atoms with E-state index < -0.39 is 0 Å². The summed E-state index contributed by atoms with van der Waals surface area (Å²) < 4.78 is 0. The lowest BCUT2D eigenvalue weighted by atomic mass is 9.90. The van der Waals surface area contributed by atoms with Gasteiger partial charge in [0.25, 0.3) is 0 Å². The Morgan fingerprint density at radius 1 is 1.10 bits per heavy atom. The average molecular weight is 294 g/mol. The lowest BCUT2D eigenvalue weighted by molar-refractivity contribution is -0.134. The first kappa shape index (κ1) is 15.3. The molecule has 3 heterocycles. The Balaban J connectivity index is 1.46. The van der Waals surface area contributed by atoms with Crippen LogP contribution in [0.2, 0.25) is 0 Å². The second-order valence-corrected chi connectivity index (χ2v) is 7.02. The molecule has 0 aromatic carbocycles. The second-order valence-electron chi connectivity index (χ2n) is 7.02. The lowest BCUT2D eigenvalue weighted by Crippen LogP contribution is -2.52. The minimum Gasteiger partial charge on any atom is -0.339 e. The van der Waals surface area contributed by atoms with Crippen LogP contribution in [0.5, 0.6) is 0 Å². The molecule has 1 N–H and O–H groups in total. The van der Waals surface area contributed by atoms with E-state index >= 15 is 0 Å². The number of carbonyl (C=O) groups is 1. The molecule has 3 aliphatic heterocycles. The van der Waals surface area contributed by atoms with E-state index in [9.17, 15) is 4.79 Å². The number of hydrogen-bond acceptors (Lipinski definition) is 4. The van der Waals surface area contributed by atoms with Crippen molar-refractivity contribution in [3.63, 3.8) is 0 Å². The Bertz CT molecular complexity index is 348. The molecule has 120 valence electrons. The molecule has 0 aliphatic carbocycles. The summed E-state index contributed by atoms with van der Waals surface area (Å²) >= 11 is 0. The number of likely N-dealkylation sites (tertiary alicyclic amines) is 1. The molecular weight excluding hydrogens is 264 g/mol. The first-order chi connectivity index (χ1) is 10.2. The SMILES string of the molecule is CN1CCN(C(=O)CN2CCCC(C3CCCN3)C2)CC1. The molecule has 3 rings (SSSR count). The minimum absolute atomic E-state index is 0.336. The zero-order chi connectivity index (χ0) is 14.7. The average Bonchev–Trinajstić information content (AvgIpc) is 3.02. The maximum absolute atomic E-state index is 12.5. The van der Waals surface area contributed by atoms with Crippen LogP contribution < -0.4 is 5.32 Å². The number of amides is 1. The van der Waals surface area contributed by atoms with Crippen molar-refractivity contribution in [1.82, 2.24) is 20.0 Å². The van der Waals surface area contributed by atoms with Crippen LogP contribution in [0.15, 0.2) is 0 Å². The zero-order valence-corrected chi connectivity index (χ0v) is 13.4. The fourth-order valence-corrected chi connectivity index (χ4v) is 4.02. The Morgan fingerprint density at radius 2 is 1.90 bits per heavy atom. The molecule has 1 amide bonds. The first-order valence-electron chi connectivity index (χ1n) is 8.64. The highest BCUT2D eigenvalue weighted by Gasteiger charge is 2.30. The molecule has 0 saturated carbocycles. The van der Waals surface area contributed by atoms with Crippen LogP contribution in [-0.2, 0) is 4.79 Å². The predicted octanol–water partition coefficient (Wildman–Crippen LogP) is 0.224. The number of carbonyl (C=O) groups excluding carboxylic acids is 1. The summed E-state index contributed by atoms with van der Waals surface area (Å²) in [7, 11) is 2.13. The van der Waals surface area contributed by atoms with E-state index in [0.717, 1.165) is 45.2 Å². The van der Waals surface area contributed by atoms with Crippen LogP contribution in [0.4, 0.5) is 0 Å². The third-order valence-electron chi connectivity index (χ3n) is 5.42. The summed E-state index contributed by atoms with van der Waals surface area (Å²) in [5.41, 5.74) is 0. The van der Waals surface area contributed by atoms with Gasteiger partial charge in [0, 0.05) is 38.8 Å². The molecule has 5 nitrogen and oxygen atoms in total. The fraction of sp³-hybridized carbons (Fsp3) is 0.938. The van der Waals surface area contributed by atoms with Gasteiger partial charge < -0.3 is 15.1 Å². The quantitative estimate of drug-likeness (QED) is 0.808. The Kier molecular flexibility index (Phi) is 5.14. The Labute approximate surface area is 128 Å². The summed E-state index contributed by atoms with van der Waals surface area (Å²) in [6.07, 6.45) is 5.22. The van der Waals surface area contributed by atoms with Gasteiger partial charge in [-0.3, -0.25) is 9.69 Å². The number of hydrogen-bond donors (Lipinski definition) is 1. The molecular formula is C16H30N4O. The van der Waals surface area contributed by atoms with E-state index in [2.05, 4.69) is 27.1 Å². The van der Waals surface area contributed by atoms with Crippen molar-refractivity contribution in [2.75, 3.05) is 59.4 Å². The molecule has 3 aliphatic rings. The van der Waals surface area contributed by atoms with Gasteiger partial charge in [-0.05, 0) is 51.7 Å². The summed E-state index contributed by atoms with van der Waals surface area (Å²) in [5, 5.41) is 3.64. The molecule has 2 atom stereocenters. The Hall–Kier alpha value is -0.650. The van der Waals surface area contributed by atoms with Crippen molar-refractivity contribution in [2.45, 2.75) is 31.7 Å². The third-order valence-corrected chi connectivity index (χ3v) is 5.42. The normalized spacial score (nSPS) is 32.5. The number of likely N-dealkylation sites (N-methyl/N-ethyl adjacent to an activating group) is 1. The van der Waals surface area contributed by atoms with Gasteiger partial charge in [-0.15, -0.1) is 0 Å². The van der Waals surface area contributed by atoms with Gasteiger partial charge in [-0.25, -0.2) is 0 Å². The monoisotopic (exact) mass is 294 g/mol. The maximum atomic E-state index is 12.5. The van der Waals surface area contributed by atoms with Crippen molar-refractivity contribution < 1.29 is 4.79 Å². The summed E-state index contributed by atoms with van der Waals surface area (Å²) in [5.74, 6) is 1.09. The van der Waals surface area contributed by atoms with E-state index in [1.807, 2.05) is 0 Å². The lowest BCUT2D eigenvalue weighted by Gasteiger charge is -2.38. The van der Waals surface area contributed by atoms with Gasteiger partial charge in [0.2, 0.25) is 5.91 Å². The molecule has 5 heteroatoms. The summed E-state index contributed by atoms with van der Waals surface area (Å²) in [6, 6.07) is 0.700. The van der Waals surface area contributed by atoms with Crippen molar-refractivity contribution in [1.29, 1.82) is 0 Å². The molecule has 21 heavy (non-hydrogen) atoms. The van der Waals surface area contributed by atoms with Crippen LogP contribution in [0.1, 0.15) is 25.7 Å². The van der Waals surface area contributed by atoms with Crippen molar-refractivity contribution in [3.05, 3.63) is 0 Å². The molecule has 0 radical (unpaired) electrons. The number of nitrogens with one attached hydrogen (secondary N) is 1. The van der Waals surface area contributed by atoms with Crippen molar-refractivity contribution in [2.24, 2.45) is 5.92 Å². The third kappa shape index (κ3) is 3.96. The standard InChI is InChI=1S/C16H30N4O/c1-18-8-10-20(11-9-18)16(21)13-19-7-3-4-14(12-19)15-5-2-6-17-15/h14-15,17H,2-13H2,1H3. The predicted molar refractivity (Wildman–Crippen MR) is 84.3 cm³/mol. The highest BCUT2D eigenvalue weighted by molar-refractivity contribution is 5.78. The molecule has 0 aromatic heterocycles. The molecule has 0 bridgehead atoms. The smallest absolute Gasteiger partial charge is 0.236 e. The van der Waals surface area contributed by atoms with E-state index in [1.165, 1.54) is 32.2 Å². The maximum Gasteiger partial charge on any atom is 0.236 e. The van der Waals surface area contributed by atoms with Gasteiger partial charge in [-0.1, -0.05) is 0 Å². The number of nitrogens with zero attached hydrogens (tertiary/aromatic N) is 3. The van der Waals surface area contributed by atoms with Gasteiger partial charge >= 0.3 is 0 Å². The van der Waals surface area contributed by atoms with E-state index in [1.54, 1.807) is 0 Å². The van der Waals surface area contributed by atoms with Crippen LogP contribution in [-0.4, -0.2) is 86.1 Å². The molecule has 2 unspecified atom stereocenters. The van der Waals surface area contributed by atoms with E-state index in [0.29, 0.717) is 18.5 Å². The molecule has 0 spiro atoms. The highest BCUT2D eigenvalue weighted by Crippen LogP contribution is 2.24. The first-order valence-corrected chi connectivity index (χ1v) is 8.64. The van der Waals surface area contributed by atoms with Crippen LogP contribution in [0.3, 0.4) is 0 Å². The summed E-state index contributed by atoms with van der Waals surface area (Å²) in [4.78, 5) is 19.2. The number of piperazine rings is 1. The van der Waals surface area contributed by atoms with E-state index in [-0.39, 0.29) is 0 Å². The van der Waals surface area contributed by atoms with Gasteiger partial charge in [0.05, 0.1) is 6.54 Å². The van der Waals surface area contributed by atoms with Crippen LogP contribution >= 0.6 is 0 Å². The highest BCUT2D eigenvalue weighted by atomic mass is 16.2. The van der Waals surface area contributed by atoms with Crippen molar-refractivity contribution in [3.8, 4) is 0 Å². The largest absolute Gasteiger partial charge is 0.339 e. The Morgan fingerprint density at radius 3 is 2.62 bits per heavy atom. The fourth-order valence-electron chi connectivity index (χ4n) is 4.02. The number of rotatable bonds is 3. The van der Waals surface area contributed by atoms with Gasteiger partial charge in [-0.2, -0.15) is 0 Å². The van der Waals surface area contributed by atoms with E-state index in [4.69, 9.17) is 0 Å². The van der Waals surface area contributed by atoms with Gasteiger partial charge in [0.1, 0.15) is 0 Å². The van der Waals surface area contributed by atoms with Crippen molar-refractivity contribution >= 4 is 5.91 Å². The van der Waals surface area contributed by atoms with Gasteiger partial charge in [0.15, 0.2) is 0 Å². The molecule has 3 saturated heterocycles. The number of piperidine rings is 1. The molecule has 3 fully saturated rings. The second kappa shape index (κ2) is 7.07. The van der Waals surface area contributed by atoms with Crippen LogP contribution in [0, 0.1) is 5.92 Å². The molecule has 0 aromatic rings. The summed E-state index contributed by atoms with van der Waals surface area (Å²) in [6.45, 7) is 7.85. The van der Waals surface area contributed by atoms with Crippen LogP contribution in [0.25, 0.3) is 0 Å². The zero-order valence-electron chi connectivity index (χ0n) is 13.4. The minimum atomic E-state index is 0.336. The topological polar surface area (TPSA) is 38.8 Å².